The summed E-state index contributed by atoms with van der Waals surface area (Å²) in [6.45, 7) is 2.64. The van der Waals surface area contributed by atoms with Crippen molar-refractivity contribution in [1.82, 2.24) is 10.3 Å². The van der Waals surface area contributed by atoms with Gasteiger partial charge < -0.3 is 10.6 Å². The van der Waals surface area contributed by atoms with Gasteiger partial charge in [0.1, 0.15) is 0 Å². The molecule has 0 aliphatic heterocycles. The van der Waals surface area contributed by atoms with Crippen molar-refractivity contribution in [2.24, 2.45) is 0 Å². The molecule has 4 nitrogen and oxygen atoms in total. The molecule has 2 aromatic rings. The first kappa shape index (κ1) is 13.5. The SMILES string of the molecule is Cc1csc(CCCNC(=O)Nc2ccccc2)n1. The summed E-state index contributed by atoms with van der Waals surface area (Å²) in [5, 5.41) is 8.79. The Morgan fingerprint density at radius 3 is 2.79 bits per heavy atom. The van der Waals surface area contributed by atoms with Crippen LogP contribution in [0.25, 0.3) is 0 Å². The molecule has 0 saturated carbocycles. The number of thiazole rings is 1. The van der Waals surface area contributed by atoms with E-state index in [-0.39, 0.29) is 6.03 Å². The first-order valence-electron chi connectivity index (χ1n) is 6.25. The van der Waals surface area contributed by atoms with Gasteiger partial charge in [0.05, 0.1) is 5.01 Å². The Balaban J connectivity index is 1.64. The van der Waals surface area contributed by atoms with E-state index in [1.807, 2.05) is 42.6 Å². The lowest BCUT2D eigenvalue weighted by Crippen LogP contribution is -2.29. The molecule has 0 aliphatic rings. The molecule has 2 amide bonds. The Hall–Kier alpha value is -1.88. The van der Waals surface area contributed by atoms with Gasteiger partial charge in [-0.15, -0.1) is 11.3 Å². The van der Waals surface area contributed by atoms with Gasteiger partial charge in [-0.3, -0.25) is 0 Å². The summed E-state index contributed by atoms with van der Waals surface area (Å²) in [5.74, 6) is 0. The number of rotatable bonds is 5. The Kier molecular flexibility index (Phi) is 4.92. The number of amides is 2. The maximum absolute atomic E-state index is 11.6. The first-order chi connectivity index (χ1) is 9.24. The lowest BCUT2D eigenvalue weighted by Gasteiger charge is -2.06. The molecule has 2 rings (SSSR count). The van der Waals surface area contributed by atoms with E-state index < -0.39 is 0 Å². The molecule has 2 N–H and O–H groups in total. The molecule has 0 radical (unpaired) electrons. The van der Waals surface area contributed by atoms with Crippen molar-refractivity contribution in [2.45, 2.75) is 19.8 Å². The van der Waals surface area contributed by atoms with E-state index in [9.17, 15) is 4.79 Å². The summed E-state index contributed by atoms with van der Waals surface area (Å²) in [7, 11) is 0. The third kappa shape index (κ3) is 4.71. The number of urea groups is 1. The standard InChI is InChI=1S/C14H17N3OS/c1-11-10-19-13(16-11)8-5-9-15-14(18)17-12-6-3-2-4-7-12/h2-4,6-7,10H,5,8-9H2,1H3,(H2,15,17,18). The van der Waals surface area contributed by atoms with Crippen molar-refractivity contribution in [3.63, 3.8) is 0 Å². The van der Waals surface area contributed by atoms with Crippen molar-refractivity contribution in [1.29, 1.82) is 0 Å². The number of aryl methyl sites for hydroxylation is 2. The predicted molar refractivity (Wildman–Crippen MR) is 78.6 cm³/mol. The van der Waals surface area contributed by atoms with Gasteiger partial charge in [0.25, 0.3) is 0 Å². The van der Waals surface area contributed by atoms with Gasteiger partial charge in [0.15, 0.2) is 0 Å². The lowest BCUT2D eigenvalue weighted by molar-refractivity contribution is 0.252. The topological polar surface area (TPSA) is 54.0 Å². The highest BCUT2D eigenvalue weighted by atomic mass is 32.1. The Labute approximate surface area is 116 Å². The quantitative estimate of drug-likeness (QED) is 0.823. The summed E-state index contributed by atoms with van der Waals surface area (Å²) in [6, 6.07) is 9.25. The van der Waals surface area contributed by atoms with Crippen LogP contribution in [0.4, 0.5) is 10.5 Å². The molecule has 0 fully saturated rings. The molecule has 0 bridgehead atoms. The van der Waals surface area contributed by atoms with Crippen LogP contribution >= 0.6 is 11.3 Å². The van der Waals surface area contributed by atoms with Crippen molar-refractivity contribution >= 4 is 23.1 Å². The Morgan fingerprint density at radius 1 is 1.32 bits per heavy atom. The van der Waals surface area contributed by atoms with Crippen LogP contribution in [0.5, 0.6) is 0 Å². The number of para-hydroxylation sites is 1. The predicted octanol–water partition coefficient (Wildman–Crippen LogP) is 3.21. The number of carbonyl (C=O) groups is 1. The highest BCUT2D eigenvalue weighted by Gasteiger charge is 2.01. The summed E-state index contributed by atoms with van der Waals surface area (Å²) in [4.78, 5) is 16.0. The number of hydrogen-bond donors (Lipinski definition) is 2. The second-order valence-electron chi connectivity index (χ2n) is 4.23. The average molecular weight is 275 g/mol. The van der Waals surface area contributed by atoms with E-state index in [1.165, 1.54) is 0 Å². The van der Waals surface area contributed by atoms with Crippen LogP contribution in [0, 0.1) is 6.92 Å². The summed E-state index contributed by atoms with van der Waals surface area (Å²) in [6.07, 6.45) is 1.80. The summed E-state index contributed by atoms with van der Waals surface area (Å²) in [5.41, 5.74) is 1.87. The van der Waals surface area contributed by atoms with Crippen molar-refractivity contribution in [3.05, 3.63) is 46.4 Å². The van der Waals surface area contributed by atoms with E-state index in [0.29, 0.717) is 6.54 Å². The van der Waals surface area contributed by atoms with Crippen LogP contribution in [0.2, 0.25) is 0 Å². The third-order valence-corrected chi connectivity index (χ3v) is 3.58. The number of carbonyl (C=O) groups excluding carboxylic acids is 1. The van der Waals surface area contributed by atoms with Crippen LogP contribution in [0.1, 0.15) is 17.1 Å². The van der Waals surface area contributed by atoms with Crippen LogP contribution in [-0.4, -0.2) is 17.6 Å². The molecule has 0 unspecified atom stereocenters. The largest absolute Gasteiger partial charge is 0.338 e. The molecule has 100 valence electrons. The van der Waals surface area contributed by atoms with Gasteiger partial charge in [0.2, 0.25) is 0 Å². The van der Waals surface area contributed by atoms with Crippen molar-refractivity contribution in [2.75, 3.05) is 11.9 Å². The van der Waals surface area contributed by atoms with Crippen molar-refractivity contribution in [3.8, 4) is 0 Å². The zero-order valence-corrected chi connectivity index (χ0v) is 11.7. The molecule has 5 heteroatoms. The molecule has 0 aliphatic carbocycles. The minimum absolute atomic E-state index is 0.165. The highest BCUT2D eigenvalue weighted by molar-refractivity contribution is 7.09. The number of nitrogens with zero attached hydrogens (tertiary/aromatic N) is 1. The smallest absolute Gasteiger partial charge is 0.319 e. The van der Waals surface area contributed by atoms with Crippen molar-refractivity contribution < 1.29 is 4.79 Å². The zero-order valence-electron chi connectivity index (χ0n) is 10.8. The van der Waals surface area contributed by atoms with E-state index in [2.05, 4.69) is 15.6 Å². The maximum atomic E-state index is 11.6. The fraction of sp³-hybridized carbons (Fsp3) is 0.286. The van der Waals surface area contributed by atoms with Gasteiger partial charge in [-0.1, -0.05) is 18.2 Å². The molecular formula is C14H17N3OS. The van der Waals surface area contributed by atoms with Gasteiger partial charge in [-0.2, -0.15) is 0 Å². The zero-order chi connectivity index (χ0) is 13.5. The monoisotopic (exact) mass is 275 g/mol. The molecule has 19 heavy (non-hydrogen) atoms. The van der Waals surface area contributed by atoms with Gasteiger partial charge in [0, 0.05) is 29.7 Å². The normalized spacial score (nSPS) is 10.2. The molecule has 1 aromatic carbocycles. The van der Waals surface area contributed by atoms with E-state index in [1.54, 1.807) is 11.3 Å². The second-order valence-corrected chi connectivity index (χ2v) is 5.18. The first-order valence-corrected chi connectivity index (χ1v) is 7.13. The molecule has 1 aromatic heterocycles. The van der Waals surface area contributed by atoms with Crippen LogP contribution in [-0.2, 0) is 6.42 Å². The average Bonchev–Trinajstić information content (AvgIpc) is 2.82. The molecule has 0 saturated heterocycles. The third-order valence-electron chi connectivity index (χ3n) is 2.55. The number of benzene rings is 1. The van der Waals surface area contributed by atoms with Gasteiger partial charge >= 0.3 is 6.03 Å². The summed E-state index contributed by atoms with van der Waals surface area (Å²) < 4.78 is 0. The summed E-state index contributed by atoms with van der Waals surface area (Å²) >= 11 is 1.67. The van der Waals surface area contributed by atoms with E-state index in [0.717, 1.165) is 29.2 Å². The van der Waals surface area contributed by atoms with Crippen LogP contribution in [0.3, 0.4) is 0 Å². The van der Waals surface area contributed by atoms with E-state index in [4.69, 9.17) is 0 Å². The molecular weight excluding hydrogens is 258 g/mol. The van der Waals surface area contributed by atoms with Gasteiger partial charge in [-0.25, -0.2) is 9.78 Å². The molecule has 0 atom stereocenters. The van der Waals surface area contributed by atoms with E-state index >= 15 is 0 Å². The number of hydrogen-bond acceptors (Lipinski definition) is 3. The minimum atomic E-state index is -0.165. The fourth-order valence-corrected chi connectivity index (χ4v) is 2.47. The van der Waals surface area contributed by atoms with Crippen LogP contribution in [0.15, 0.2) is 35.7 Å². The Morgan fingerprint density at radius 2 is 2.11 bits per heavy atom. The fourth-order valence-electron chi connectivity index (χ4n) is 1.66. The second kappa shape index (κ2) is 6.89. The lowest BCUT2D eigenvalue weighted by atomic mass is 10.3. The minimum Gasteiger partial charge on any atom is -0.338 e. The molecule has 1 heterocycles. The number of aromatic nitrogens is 1. The Bertz CT molecular complexity index is 524. The highest BCUT2D eigenvalue weighted by Crippen LogP contribution is 2.10. The number of anilines is 1. The van der Waals surface area contributed by atoms with Gasteiger partial charge in [-0.05, 0) is 25.5 Å². The number of nitrogens with one attached hydrogen (secondary N) is 2. The molecule has 0 spiro atoms. The van der Waals surface area contributed by atoms with Crippen LogP contribution < -0.4 is 10.6 Å². The maximum Gasteiger partial charge on any atom is 0.319 e.